The van der Waals surface area contributed by atoms with E-state index in [1.54, 1.807) is 0 Å². The van der Waals surface area contributed by atoms with Crippen LogP contribution < -0.4 is 5.32 Å². The molecule has 1 N–H and O–H groups in total. The van der Waals surface area contributed by atoms with Crippen LogP contribution in [0.15, 0.2) is 12.1 Å². The first-order chi connectivity index (χ1) is 6.67. The molecule has 0 aromatic carbocycles. The minimum absolute atomic E-state index is 0.499. The molecule has 0 aliphatic rings. The Morgan fingerprint density at radius 1 is 1.29 bits per heavy atom. The largest absolute Gasteiger partial charge is 0.307 e. The minimum atomic E-state index is 0.499. The summed E-state index contributed by atoms with van der Waals surface area (Å²) in [6.45, 7) is 8.91. The first-order valence-electron chi connectivity index (χ1n) is 5.49. The van der Waals surface area contributed by atoms with Crippen LogP contribution in [0.3, 0.4) is 0 Å². The van der Waals surface area contributed by atoms with Gasteiger partial charge in [0.15, 0.2) is 0 Å². The Kier molecular flexibility index (Phi) is 4.63. The molecule has 80 valence electrons. The van der Waals surface area contributed by atoms with E-state index in [4.69, 9.17) is 0 Å². The van der Waals surface area contributed by atoms with E-state index in [-0.39, 0.29) is 0 Å². The van der Waals surface area contributed by atoms with Gasteiger partial charge in [-0.15, -0.1) is 11.3 Å². The van der Waals surface area contributed by atoms with E-state index in [1.165, 1.54) is 22.6 Å². The molecule has 1 rings (SSSR count). The minimum Gasteiger partial charge on any atom is -0.307 e. The van der Waals surface area contributed by atoms with Crippen molar-refractivity contribution >= 4 is 11.3 Å². The molecule has 0 saturated heterocycles. The number of hydrogen-bond donors (Lipinski definition) is 1. The molecule has 0 amide bonds. The highest BCUT2D eigenvalue weighted by molar-refractivity contribution is 7.12. The molecule has 1 atom stereocenters. The molecule has 0 saturated carbocycles. The zero-order valence-electron chi connectivity index (χ0n) is 9.63. The Labute approximate surface area is 91.5 Å². The Morgan fingerprint density at radius 2 is 1.93 bits per heavy atom. The number of nitrogens with one attached hydrogen (secondary N) is 1. The predicted octanol–water partition coefficient (Wildman–Crippen LogP) is 3.90. The van der Waals surface area contributed by atoms with Crippen molar-refractivity contribution in [1.82, 2.24) is 5.32 Å². The molecule has 1 aromatic heterocycles. The van der Waals surface area contributed by atoms with Gasteiger partial charge in [0.05, 0.1) is 0 Å². The van der Waals surface area contributed by atoms with Crippen LogP contribution in [0.25, 0.3) is 0 Å². The maximum absolute atomic E-state index is 3.66. The fourth-order valence-electron chi connectivity index (χ4n) is 1.65. The van der Waals surface area contributed by atoms with Crippen molar-refractivity contribution in [3.63, 3.8) is 0 Å². The quantitative estimate of drug-likeness (QED) is 0.779. The van der Waals surface area contributed by atoms with E-state index in [9.17, 15) is 0 Å². The van der Waals surface area contributed by atoms with Crippen LogP contribution in [0, 0.1) is 6.92 Å². The lowest BCUT2D eigenvalue weighted by atomic mass is 10.1. The summed E-state index contributed by atoms with van der Waals surface area (Å²) >= 11 is 1.90. The van der Waals surface area contributed by atoms with Gasteiger partial charge < -0.3 is 5.32 Å². The highest BCUT2D eigenvalue weighted by atomic mass is 32.1. The van der Waals surface area contributed by atoms with Crippen LogP contribution >= 0.6 is 11.3 Å². The van der Waals surface area contributed by atoms with Gasteiger partial charge in [0, 0.05) is 21.8 Å². The van der Waals surface area contributed by atoms with Crippen molar-refractivity contribution in [3.05, 3.63) is 21.9 Å². The molecule has 14 heavy (non-hydrogen) atoms. The molecule has 0 unspecified atom stereocenters. The summed E-state index contributed by atoms with van der Waals surface area (Å²) in [5.41, 5.74) is 0. The second-order valence-corrected chi connectivity index (χ2v) is 5.17. The zero-order chi connectivity index (χ0) is 10.6. The summed E-state index contributed by atoms with van der Waals surface area (Å²) < 4.78 is 0. The molecule has 2 heteroatoms. The normalized spacial score (nSPS) is 13.5. The van der Waals surface area contributed by atoms with Gasteiger partial charge in [-0.1, -0.05) is 13.8 Å². The van der Waals surface area contributed by atoms with E-state index < -0.39 is 0 Å². The van der Waals surface area contributed by atoms with Gasteiger partial charge in [-0.25, -0.2) is 0 Å². The Morgan fingerprint density at radius 3 is 2.36 bits per heavy atom. The van der Waals surface area contributed by atoms with E-state index in [0.717, 1.165) is 0 Å². The van der Waals surface area contributed by atoms with Crippen LogP contribution in [0.2, 0.25) is 0 Å². The van der Waals surface area contributed by atoms with Gasteiger partial charge in [0.2, 0.25) is 0 Å². The van der Waals surface area contributed by atoms with Crippen molar-refractivity contribution in [2.24, 2.45) is 0 Å². The van der Waals surface area contributed by atoms with Crippen LogP contribution in [0.1, 0.15) is 49.4 Å². The maximum atomic E-state index is 3.66. The van der Waals surface area contributed by atoms with Gasteiger partial charge in [-0.3, -0.25) is 0 Å². The molecule has 1 aromatic rings. The van der Waals surface area contributed by atoms with Crippen LogP contribution in [0.5, 0.6) is 0 Å². The topological polar surface area (TPSA) is 12.0 Å². The van der Waals surface area contributed by atoms with Crippen LogP contribution in [0.4, 0.5) is 0 Å². The third kappa shape index (κ3) is 3.10. The lowest BCUT2D eigenvalue weighted by Crippen LogP contribution is -2.29. The Hall–Kier alpha value is -0.340. The fourth-order valence-corrected chi connectivity index (χ4v) is 2.53. The first kappa shape index (κ1) is 11.7. The molecular formula is C12H21NS. The van der Waals surface area contributed by atoms with Crippen molar-refractivity contribution < 1.29 is 0 Å². The molecule has 1 nitrogen and oxygen atoms in total. The third-order valence-electron chi connectivity index (χ3n) is 2.66. The first-order valence-corrected chi connectivity index (χ1v) is 6.31. The molecule has 0 aliphatic heterocycles. The number of rotatable bonds is 5. The van der Waals surface area contributed by atoms with Crippen molar-refractivity contribution in [2.75, 3.05) is 0 Å². The second-order valence-electron chi connectivity index (χ2n) is 3.85. The number of thiophene rings is 1. The van der Waals surface area contributed by atoms with E-state index in [2.05, 4.69) is 45.1 Å². The number of aryl methyl sites for hydroxylation is 1. The highest BCUT2D eigenvalue weighted by Crippen LogP contribution is 2.23. The van der Waals surface area contributed by atoms with E-state index in [0.29, 0.717) is 12.1 Å². The SMILES string of the molecule is CCC(CC)N[C@H](C)c1ccc(C)s1. The predicted molar refractivity (Wildman–Crippen MR) is 65.0 cm³/mol. The average molecular weight is 211 g/mol. The maximum Gasteiger partial charge on any atom is 0.0388 e. The van der Waals surface area contributed by atoms with E-state index >= 15 is 0 Å². The van der Waals surface area contributed by atoms with Gasteiger partial charge in [0.1, 0.15) is 0 Å². The molecule has 0 bridgehead atoms. The fraction of sp³-hybridized carbons (Fsp3) is 0.667. The summed E-state index contributed by atoms with van der Waals surface area (Å²) in [5, 5.41) is 3.66. The summed E-state index contributed by atoms with van der Waals surface area (Å²) in [6.07, 6.45) is 2.43. The lowest BCUT2D eigenvalue weighted by molar-refractivity contribution is 0.436. The van der Waals surface area contributed by atoms with Crippen molar-refractivity contribution in [1.29, 1.82) is 0 Å². The van der Waals surface area contributed by atoms with Gasteiger partial charge in [-0.2, -0.15) is 0 Å². The summed E-state index contributed by atoms with van der Waals surface area (Å²) in [5.74, 6) is 0. The molecule has 0 radical (unpaired) electrons. The monoisotopic (exact) mass is 211 g/mol. The van der Waals surface area contributed by atoms with Crippen LogP contribution in [-0.2, 0) is 0 Å². The third-order valence-corrected chi connectivity index (χ3v) is 3.84. The van der Waals surface area contributed by atoms with Gasteiger partial charge in [0.25, 0.3) is 0 Å². The van der Waals surface area contributed by atoms with Crippen molar-refractivity contribution in [3.8, 4) is 0 Å². The summed E-state index contributed by atoms with van der Waals surface area (Å²) in [6, 6.07) is 5.59. The van der Waals surface area contributed by atoms with Crippen molar-refractivity contribution in [2.45, 2.75) is 52.6 Å². The molecular weight excluding hydrogens is 190 g/mol. The molecule has 0 fully saturated rings. The molecule has 0 aliphatic carbocycles. The zero-order valence-corrected chi connectivity index (χ0v) is 10.4. The van der Waals surface area contributed by atoms with E-state index in [1.807, 2.05) is 11.3 Å². The van der Waals surface area contributed by atoms with Gasteiger partial charge >= 0.3 is 0 Å². The Bertz CT molecular complexity index is 263. The molecule has 0 spiro atoms. The standard InChI is InChI=1S/C12H21NS/c1-5-11(6-2)13-10(4)12-8-7-9(3)14-12/h7-8,10-11,13H,5-6H2,1-4H3/t10-/m1/s1. The van der Waals surface area contributed by atoms with Crippen LogP contribution in [-0.4, -0.2) is 6.04 Å². The highest BCUT2D eigenvalue weighted by Gasteiger charge is 2.11. The summed E-state index contributed by atoms with van der Waals surface area (Å²) in [7, 11) is 0. The number of hydrogen-bond acceptors (Lipinski definition) is 2. The van der Waals surface area contributed by atoms with Gasteiger partial charge in [-0.05, 0) is 38.8 Å². The molecule has 1 heterocycles. The Balaban J connectivity index is 2.53. The lowest BCUT2D eigenvalue weighted by Gasteiger charge is -2.20. The summed E-state index contributed by atoms with van der Waals surface area (Å²) in [4.78, 5) is 2.85. The smallest absolute Gasteiger partial charge is 0.0388 e. The second kappa shape index (κ2) is 5.52. The average Bonchev–Trinajstić information content (AvgIpc) is 2.61.